The SMILES string of the molecule is CCn1c(=O)n(CC2CC2)c(=O)c2cc(C(=O)CC3COC[C@@H]3C(=O)Cc3ccc(C#N)c(Cl)c3)ccc21. The smallest absolute Gasteiger partial charge is 0.331 e. The molecule has 0 bridgehead atoms. The van der Waals surface area contributed by atoms with E-state index in [9.17, 15) is 19.2 Å². The van der Waals surface area contributed by atoms with Crippen LogP contribution in [0.3, 0.4) is 0 Å². The number of benzene rings is 2. The molecule has 2 heterocycles. The Kier molecular flexibility index (Phi) is 7.33. The Morgan fingerprint density at radius 2 is 1.89 bits per heavy atom. The van der Waals surface area contributed by atoms with Crippen LogP contribution >= 0.6 is 11.6 Å². The molecule has 1 saturated heterocycles. The molecule has 0 spiro atoms. The van der Waals surface area contributed by atoms with E-state index in [2.05, 4.69) is 0 Å². The fraction of sp³-hybridized carbons (Fsp3) is 0.414. The number of hydrogen-bond acceptors (Lipinski definition) is 6. The minimum atomic E-state index is -0.435. The summed E-state index contributed by atoms with van der Waals surface area (Å²) in [5.74, 6) is -0.589. The number of Topliss-reactive ketones (excluding diaryl/α,β-unsaturated/α-hetero) is 2. The van der Waals surface area contributed by atoms with Crippen LogP contribution < -0.4 is 11.2 Å². The molecule has 1 unspecified atom stereocenters. The highest BCUT2D eigenvalue weighted by Crippen LogP contribution is 2.30. The molecule has 2 atom stereocenters. The van der Waals surface area contributed by atoms with E-state index in [4.69, 9.17) is 21.6 Å². The molecule has 9 heteroatoms. The number of carbonyl (C=O) groups is 2. The third-order valence-electron chi connectivity index (χ3n) is 7.59. The highest BCUT2D eigenvalue weighted by Gasteiger charge is 2.35. The van der Waals surface area contributed by atoms with Gasteiger partial charge in [0.15, 0.2) is 5.78 Å². The number of hydrogen-bond donors (Lipinski definition) is 0. The standard InChI is InChI=1S/C29H28ClN3O5/c1-2-32-25-8-7-19(11-22(25)28(36)33(29(32)37)14-17-3-4-17)26(34)12-21-15-38-16-23(21)27(35)10-18-5-6-20(13-31)24(30)9-18/h5-9,11,17,21,23H,2-4,10,12,14-16H2,1H3/t21?,23-/m0/s1. The van der Waals surface area contributed by atoms with Crippen LogP contribution in [0.25, 0.3) is 10.9 Å². The molecule has 196 valence electrons. The molecule has 1 aliphatic heterocycles. The average molecular weight is 534 g/mol. The first-order valence-corrected chi connectivity index (χ1v) is 13.3. The summed E-state index contributed by atoms with van der Waals surface area (Å²) in [7, 11) is 0. The van der Waals surface area contributed by atoms with E-state index >= 15 is 0 Å². The van der Waals surface area contributed by atoms with E-state index in [1.807, 2.05) is 13.0 Å². The number of fused-ring (bicyclic) bond motifs is 1. The molecule has 2 aromatic carbocycles. The van der Waals surface area contributed by atoms with E-state index < -0.39 is 5.92 Å². The van der Waals surface area contributed by atoms with Crippen molar-refractivity contribution in [3.8, 4) is 6.07 Å². The topological polar surface area (TPSA) is 111 Å². The molecule has 8 nitrogen and oxygen atoms in total. The van der Waals surface area contributed by atoms with Gasteiger partial charge in [-0.25, -0.2) is 4.79 Å². The predicted molar refractivity (Wildman–Crippen MR) is 142 cm³/mol. The second kappa shape index (κ2) is 10.7. The van der Waals surface area contributed by atoms with Crippen molar-refractivity contribution in [2.75, 3.05) is 13.2 Å². The van der Waals surface area contributed by atoms with Crippen molar-refractivity contribution < 1.29 is 14.3 Å². The molecule has 3 aromatic rings. The Bertz CT molecular complexity index is 1590. The Morgan fingerprint density at radius 1 is 1.11 bits per heavy atom. The lowest BCUT2D eigenvalue weighted by Crippen LogP contribution is -2.40. The molecule has 0 amide bonds. The summed E-state index contributed by atoms with van der Waals surface area (Å²) in [6.45, 7) is 3.22. The van der Waals surface area contributed by atoms with Gasteiger partial charge >= 0.3 is 5.69 Å². The third kappa shape index (κ3) is 5.09. The molecular formula is C29H28ClN3O5. The molecular weight excluding hydrogens is 506 g/mol. The third-order valence-corrected chi connectivity index (χ3v) is 7.91. The highest BCUT2D eigenvalue weighted by atomic mass is 35.5. The minimum absolute atomic E-state index is 0.0467. The lowest BCUT2D eigenvalue weighted by molar-refractivity contribution is -0.123. The van der Waals surface area contributed by atoms with Crippen molar-refractivity contribution in [3.05, 3.63) is 78.9 Å². The number of ether oxygens (including phenoxy) is 1. The van der Waals surface area contributed by atoms with Crippen molar-refractivity contribution in [1.82, 2.24) is 9.13 Å². The Labute approximate surface area is 224 Å². The van der Waals surface area contributed by atoms with Gasteiger partial charge in [0.1, 0.15) is 11.9 Å². The Balaban J connectivity index is 1.36. The quantitative estimate of drug-likeness (QED) is 0.387. The maximum atomic E-state index is 13.3. The maximum Gasteiger partial charge on any atom is 0.331 e. The van der Waals surface area contributed by atoms with Gasteiger partial charge in [0.25, 0.3) is 5.56 Å². The number of carbonyl (C=O) groups excluding carboxylic acids is 2. The van der Waals surface area contributed by atoms with E-state index in [1.54, 1.807) is 41.0 Å². The zero-order chi connectivity index (χ0) is 27.0. The summed E-state index contributed by atoms with van der Waals surface area (Å²) >= 11 is 6.11. The molecule has 1 aliphatic carbocycles. The van der Waals surface area contributed by atoms with Crippen LogP contribution in [0.2, 0.25) is 5.02 Å². The zero-order valence-corrected chi connectivity index (χ0v) is 21.9. The predicted octanol–water partition coefficient (Wildman–Crippen LogP) is 3.77. The highest BCUT2D eigenvalue weighted by molar-refractivity contribution is 6.31. The molecule has 1 saturated carbocycles. The first-order chi connectivity index (χ1) is 18.3. The van der Waals surface area contributed by atoms with Gasteiger partial charge in [-0.1, -0.05) is 17.7 Å². The van der Waals surface area contributed by atoms with E-state index in [0.29, 0.717) is 58.2 Å². The van der Waals surface area contributed by atoms with Gasteiger partial charge in [-0.2, -0.15) is 5.26 Å². The number of aromatic nitrogens is 2. The van der Waals surface area contributed by atoms with Gasteiger partial charge in [0, 0.05) is 43.3 Å². The van der Waals surface area contributed by atoms with Crippen molar-refractivity contribution in [2.24, 2.45) is 17.8 Å². The molecule has 2 aliphatic rings. The first-order valence-electron chi connectivity index (χ1n) is 12.9. The van der Waals surface area contributed by atoms with Crippen molar-refractivity contribution in [1.29, 1.82) is 5.26 Å². The van der Waals surface area contributed by atoms with Crippen LogP contribution in [0.1, 0.15) is 47.7 Å². The summed E-state index contributed by atoms with van der Waals surface area (Å²) in [6, 6.07) is 11.8. The first kappa shape index (κ1) is 26.1. The van der Waals surface area contributed by atoms with Crippen molar-refractivity contribution in [2.45, 2.75) is 45.7 Å². The second-order valence-electron chi connectivity index (χ2n) is 10.2. The minimum Gasteiger partial charge on any atom is -0.380 e. The Hall–Kier alpha value is -3.54. The van der Waals surface area contributed by atoms with Crippen LogP contribution in [-0.4, -0.2) is 33.9 Å². The lowest BCUT2D eigenvalue weighted by Gasteiger charge is -2.17. The largest absolute Gasteiger partial charge is 0.380 e. The Morgan fingerprint density at radius 3 is 2.58 bits per heavy atom. The average Bonchev–Trinajstić information content (AvgIpc) is 3.61. The molecule has 1 aromatic heterocycles. The second-order valence-corrected chi connectivity index (χ2v) is 10.6. The van der Waals surface area contributed by atoms with Gasteiger partial charge in [0.05, 0.1) is 34.7 Å². The van der Waals surface area contributed by atoms with Gasteiger partial charge in [-0.05, 0) is 61.6 Å². The molecule has 0 radical (unpaired) electrons. The number of halogens is 1. The van der Waals surface area contributed by atoms with Crippen LogP contribution in [0.15, 0.2) is 46.0 Å². The van der Waals surface area contributed by atoms with E-state index in [1.165, 1.54) is 4.57 Å². The summed E-state index contributed by atoms with van der Waals surface area (Å²) < 4.78 is 8.45. The van der Waals surface area contributed by atoms with Gasteiger partial charge in [0.2, 0.25) is 0 Å². The van der Waals surface area contributed by atoms with Crippen LogP contribution in [0, 0.1) is 29.1 Å². The number of nitriles is 1. The summed E-state index contributed by atoms with van der Waals surface area (Å²) in [5, 5.41) is 9.71. The summed E-state index contributed by atoms with van der Waals surface area (Å²) in [6.07, 6.45) is 2.27. The van der Waals surface area contributed by atoms with E-state index in [0.717, 1.165) is 12.8 Å². The maximum absolute atomic E-state index is 13.3. The van der Waals surface area contributed by atoms with Crippen molar-refractivity contribution >= 4 is 34.1 Å². The zero-order valence-electron chi connectivity index (χ0n) is 21.1. The van der Waals surface area contributed by atoms with Gasteiger partial charge < -0.3 is 4.74 Å². The van der Waals surface area contributed by atoms with Crippen LogP contribution in [0.5, 0.6) is 0 Å². The molecule has 0 N–H and O–H groups in total. The number of ketones is 2. The van der Waals surface area contributed by atoms with E-state index in [-0.39, 0.29) is 48.2 Å². The molecule has 2 fully saturated rings. The number of rotatable bonds is 9. The number of aryl methyl sites for hydroxylation is 1. The van der Waals surface area contributed by atoms with Gasteiger partial charge in [-0.15, -0.1) is 0 Å². The fourth-order valence-electron chi connectivity index (χ4n) is 5.23. The van der Waals surface area contributed by atoms with Crippen LogP contribution in [0.4, 0.5) is 0 Å². The lowest BCUT2D eigenvalue weighted by atomic mass is 9.84. The van der Waals surface area contributed by atoms with Crippen molar-refractivity contribution in [3.63, 3.8) is 0 Å². The van der Waals surface area contributed by atoms with Crippen LogP contribution in [-0.2, 0) is 29.0 Å². The number of nitrogens with zero attached hydrogens (tertiary/aromatic N) is 3. The molecule has 38 heavy (non-hydrogen) atoms. The monoisotopic (exact) mass is 533 g/mol. The summed E-state index contributed by atoms with van der Waals surface area (Å²) in [4.78, 5) is 52.5. The molecule has 5 rings (SSSR count). The fourth-order valence-corrected chi connectivity index (χ4v) is 5.47. The summed E-state index contributed by atoms with van der Waals surface area (Å²) in [5.41, 5.74) is 1.27. The normalized spacial score (nSPS) is 19.0. The van der Waals surface area contributed by atoms with Gasteiger partial charge in [-0.3, -0.25) is 23.5 Å².